The number of nitrogens with one attached hydrogen (secondary N) is 1. The topological polar surface area (TPSA) is 86.8 Å². The first-order valence-corrected chi connectivity index (χ1v) is 12.6. The van der Waals surface area contributed by atoms with Crippen molar-refractivity contribution in [3.8, 4) is 0 Å². The van der Waals surface area contributed by atoms with Gasteiger partial charge in [0.15, 0.2) is 0 Å². The number of likely N-dealkylation sites (tertiary alicyclic amines) is 1. The molecule has 2 saturated heterocycles. The largest absolute Gasteiger partial charge is 0.350 e. The molecule has 1 atom stereocenters. The van der Waals surface area contributed by atoms with Crippen LogP contribution in [0.5, 0.6) is 0 Å². The summed E-state index contributed by atoms with van der Waals surface area (Å²) in [5, 5.41) is 2.93. The molecular weight excluding hydrogens is 445 g/mol. The van der Waals surface area contributed by atoms with Gasteiger partial charge in [-0.15, -0.1) is 0 Å². The highest BCUT2D eigenvalue weighted by atomic mass is 32.2. The van der Waals surface area contributed by atoms with Gasteiger partial charge in [0.2, 0.25) is 15.9 Å². The first-order chi connectivity index (χ1) is 15.6. The fourth-order valence-electron chi connectivity index (χ4n) is 4.52. The van der Waals surface area contributed by atoms with Crippen LogP contribution < -0.4 is 9.62 Å². The summed E-state index contributed by atoms with van der Waals surface area (Å²) >= 11 is 0. The second-order valence-electron chi connectivity index (χ2n) is 9.28. The number of benzene rings is 2. The van der Waals surface area contributed by atoms with E-state index in [9.17, 15) is 22.4 Å². The minimum Gasteiger partial charge on any atom is -0.350 e. The zero-order valence-electron chi connectivity index (χ0n) is 18.8. The van der Waals surface area contributed by atoms with E-state index < -0.39 is 21.3 Å². The van der Waals surface area contributed by atoms with Crippen LogP contribution in [0.1, 0.15) is 48.7 Å². The summed E-state index contributed by atoms with van der Waals surface area (Å²) in [6.45, 7) is 5.31. The quantitative estimate of drug-likeness (QED) is 0.697. The standard InChI is InChI=1S/C24H28FN3O4S/c1-24(2)16-33(31,32)28(23(24)30)20-7-5-6-18(14-20)22(29)26-15-21(27-12-3-4-13-27)17-8-10-19(25)11-9-17/h5-11,14,21H,3-4,12-13,15-16H2,1-2H3,(H,26,29). The number of amides is 2. The minimum atomic E-state index is -3.80. The second-order valence-corrected chi connectivity index (χ2v) is 11.1. The summed E-state index contributed by atoms with van der Waals surface area (Å²) in [7, 11) is -3.80. The molecule has 4 rings (SSSR count). The summed E-state index contributed by atoms with van der Waals surface area (Å²) in [4.78, 5) is 27.9. The number of nitrogens with zero attached hydrogens (tertiary/aromatic N) is 2. The average molecular weight is 474 g/mol. The Morgan fingerprint density at radius 3 is 2.39 bits per heavy atom. The summed E-state index contributed by atoms with van der Waals surface area (Å²) in [5.74, 6) is -1.46. The number of halogens is 1. The number of carbonyl (C=O) groups excluding carboxylic acids is 2. The molecule has 33 heavy (non-hydrogen) atoms. The molecule has 2 aliphatic heterocycles. The van der Waals surface area contributed by atoms with Crippen LogP contribution in [0.2, 0.25) is 0 Å². The molecule has 0 bridgehead atoms. The molecule has 1 unspecified atom stereocenters. The Hall–Kier alpha value is -2.78. The van der Waals surface area contributed by atoms with Gasteiger partial charge in [-0.1, -0.05) is 18.2 Å². The lowest BCUT2D eigenvalue weighted by Gasteiger charge is -2.28. The molecule has 0 radical (unpaired) electrons. The van der Waals surface area contributed by atoms with Gasteiger partial charge in [-0.3, -0.25) is 14.5 Å². The second kappa shape index (κ2) is 8.87. The normalized spacial score (nSPS) is 20.7. The van der Waals surface area contributed by atoms with Crippen molar-refractivity contribution < 1.29 is 22.4 Å². The molecule has 2 amide bonds. The van der Waals surface area contributed by atoms with Crippen molar-refractivity contribution in [3.63, 3.8) is 0 Å². The summed E-state index contributed by atoms with van der Waals surface area (Å²) in [6.07, 6.45) is 2.14. The predicted octanol–water partition coefficient (Wildman–Crippen LogP) is 3.10. The number of hydrogen-bond donors (Lipinski definition) is 1. The van der Waals surface area contributed by atoms with Gasteiger partial charge in [0, 0.05) is 12.1 Å². The molecule has 7 nitrogen and oxygen atoms in total. The number of rotatable bonds is 6. The van der Waals surface area contributed by atoms with E-state index in [0.29, 0.717) is 6.54 Å². The molecule has 0 spiro atoms. The number of hydrogen-bond acceptors (Lipinski definition) is 5. The molecule has 2 aromatic carbocycles. The third-order valence-electron chi connectivity index (χ3n) is 6.22. The van der Waals surface area contributed by atoms with Crippen molar-refractivity contribution in [2.45, 2.75) is 32.7 Å². The smallest absolute Gasteiger partial charge is 0.251 e. The van der Waals surface area contributed by atoms with Crippen LogP contribution in [-0.2, 0) is 14.8 Å². The van der Waals surface area contributed by atoms with E-state index in [4.69, 9.17) is 0 Å². The molecular formula is C24H28FN3O4S. The van der Waals surface area contributed by atoms with Gasteiger partial charge in [-0.05, 0) is 75.7 Å². The van der Waals surface area contributed by atoms with Gasteiger partial charge < -0.3 is 5.32 Å². The fraction of sp³-hybridized carbons (Fsp3) is 0.417. The SMILES string of the molecule is CC1(C)CS(=O)(=O)N(c2cccc(C(=O)NCC(c3ccc(F)cc3)N3CCCC3)c2)C1=O. The predicted molar refractivity (Wildman–Crippen MR) is 124 cm³/mol. The van der Waals surface area contributed by atoms with E-state index in [1.54, 1.807) is 38.1 Å². The molecule has 0 saturated carbocycles. The summed E-state index contributed by atoms with van der Waals surface area (Å²) in [5.41, 5.74) is 0.325. The van der Waals surface area contributed by atoms with E-state index in [1.807, 2.05) is 0 Å². The maximum Gasteiger partial charge on any atom is 0.251 e. The van der Waals surface area contributed by atoms with Gasteiger partial charge in [-0.25, -0.2) is 17.1 Å². The third-order valence-corrected chi connectivity index (χ3v) is 8.24. The molecule has 0 aromatic heterocycles. The Kier molecular flexibility index (Phi) is 6.28. The monoisotopic (exact) mass is 473 g/mol. The Balaban J connectivity index is 1.52. The van der Waals surface area contributed by atoms with E-state index in [1.165, 1.54) is 24.3 Å². The first-order valence-electron chi connectivity index (χ1n) is 11.0. The van der Waals surface area contributed by atoms with E-state index in [0.717, 1.165) is 35.8 Å². The molecule has 176 valence electrons. The van der Waals surface area contributed by atoms with Crippen molar-refractivity contribution in [1.82, 2.24) is 10.2 Å². The van der Waals surface area contributed by atoms with Crippen molar-refractivity contribution >= 4 is 27.5 Å². The Morgan fingerprint density at radius 2 is 1.79 bits per heavy atom. The highest BCUT2D eigenvalue weighted by Crippen LogP contribution is 2.36. The van der Waals surface area contributed by atoms with Crippen LogP contribution in [0.3, 0.4) is 0 Å². The summed E-state index contributed by atoms with van der Waals surface area (Å²) < 4.78 is 39.4. The Morgan fingerprint density at radius 1 is 1.12 bits per heavy atom. The molecule has 2 aliphatic rings. The fourth-order valence-corrected chi connectivity index (χ4v) is 6.62. The molecule has 2 aromatic rings. The number of anilines is 1. The molecule has 1 N–H and O–H groups in total. The minimum absolute atomic E-state index is 0.0958. The zero-order chi connectivity index (χ0) is 23.8. The zero-order valence-corrected chi connectivity index (χ0v) is 19.6. The maximum absolute atomic E-state index is 13.4. The molecule has 9 heteroatoms. The van der Waals surface area contributed by atoms with Crippen LogP contribution in [-0.4, -0.2) is 50.5 Å². The van der Waals surface area contributed by atoms with Crippen LogP contribution in [0, 0.1) is 11.2 Å². The van der Waals surface area contributed by atoms with Crippen LogP contribution >= 0.6 is 0 Å². The van der Waals surface area contributed by atoms with Gasteiger partial charge in [0.25, 0.3) is 5.91 Å². The van der Waals surface area contributed by atoms with Gasteiger partial charge in [0.05, 0.1) is 22.9 Å². The van der Waals surface area contributed by atoms with Crippen LogP contribution in [0.4, 0.5) is 10.1 Å². The molecule has 2 fully saturated rings. The van der Waals surface area contributed by atoms with Crippen LogP contribution in [0.25, 0.3) is 0 Å². The van der Waals surface area contributed by atoms with Crippen molar-refractivity contribution in [2.24, 2.45) is 5.41 Å². The average Bonchev–Trinajstić information content (AvgIpc) is 3.34. The maximum atomic E-state index is 13.4. The third kappa shape index (κ3) is 4.79. The lowest BCUT2D eigenvalue weighted by Crippen LogP contribution is -2.37. The Labute approximate surface area is 193 Å². The van der Waals surface area contributed by atoms with E-state index in [-0.39, 0.29) is 34.8 Å². The van der Waals surface area contributed by atoms with Gasteiger partial charge in [-0.2, -0.15) is 0 Å². The van der Waals surface area contributed by atoms with Crippen molar-refractivity contribution in [1.29, 1.82) is 0 Å². The Bertz CT molecular complexity index is 1160. The lowest BCUT2D eigenvalue weighted by molar-refractivity contribution is -0.123. The number of sulfonamides is 1. The lowest BCUT2D eigenvalue weighted by atomic mass is 9.95. The van der Waals surface area contributed by atoms with E-state index >= 15 is 0 Å². The van der Waals surface area contributed by atoms with Gasteiger partial charge in [0.1, 0.15) is 5.82 Å². The van der Waals surface area contributed by atoms with Gasteiger partial charge >= 0.3 is 0 Å². The molecule has 2 heterocycles. The highest BCUT2D eigenvalue weighted by molar-refractivity contribution is 7.94. The highest BCUT2D eigenvalue weighted by Gasteiger charge is 2.50. The van der Waals surface area contributed by atoms with Crippen molar-refractivity contribution in [3.05, 3.63) is 65.5 Å². The molecule has 0 aliphatic carbocycles. The first kappa shape index (κ1) is 23.4. The van der Waals surface area contributed by atoms with Crippen molar-refractivity contribution in [2.75, 3.05) is 29.7 Å². The number of carbonyl (C=O) groups is 2. The summed E-state index contributed by atoms with van der Waals surface area (Å²) in [6, 6.07) is 12.3. The van der Waals surface area contributed by atoms with E-state index in [2.05, 4.69) is 10.2 Å². The van der Waals surface area contributed by atoms with Crippen LogP contribution in [0.15, 0.2) is 48.5 Å².